The molecule has 0 unspecified atom stereocenters. The Morgan fingerprint density at radius 1 is 1.04 bits per heavy atom. The molecule has 0 saturated heterocycles. The minimum absolute atomic E-state index is 0.0724. The molecule has 3 rings (SSSR count). The topological polar surface area (TPSA) is 29.1 Å². The van der Waals surface area contributed by atoms with Gasteiger partial charge in [-0.15, -0.1) is 0 Å². The van der Waals surface area contributed by atoms with E-state index in [2.05, 4.69) is 62.5 Å². The Kier molecular flexibility index (Phi) is 5.03. The summed E-state index contributed by atoms with van der Waals surface area (Å²) in [6, 6.07) is 13.2. The van der Waals surface area contributed by atoms with E-state index < -0.39 is 0 Å². The zero-order chi connectivity index (χ0) is 17.1. The Bertz CT molecular complexity index is 748. The van der Waals surface area contributed by atoms with Crippen molar-refractivity contribution < 1.29 is 4.79 Å². The molecule has 0 heterocycles. The van der Waals surface area contributed by atoms with Crippen molar-refractivity contribution in [2.75, 3.05) is 0 Å². The van der Waals surface area contributed by atoms with E-state index in [1.54, 1.807) is 0 Å². The third-order valence-corrected chi connectivity index (χ3v) is 5.21. The molecular formula is C22H27NO. The van der Waals surface area contributed by atoms with Gasteiger partial charge in [-0.25, -0.2) is 0 Å². The molecule has 0 bridgehead atoms. The third kappa shape index (κ3) is 3.87. The van der Waals surface area contributed by atoms with Gasteiger partial charge in [-0.2, -0.15) is 0 Å². The van der Waals surface area contributed by atoms with E-state index in [1.165, 1.54) is 52.6 Å². The molecule has 0 aliphatic heterocycles. The molecular weight excluding hydrogens is 294 g/mol. The van der Waals surface area contributed by atoms with Gasteiger partial charge in [-0.1, -0.05) is 36.4 Å². The van der Waals surface area contributed by atoms with Gasteiger partial charge in [0.2, 0.25) is 5.91 Å². The SMILES string of the molecule is Cc1ccc(CCC(=O)N[C@H](C)c2ccc3c(c2)CCC3)cc1C. The van der Waals surface area contributed by atoms with Crippen molar-refractivity contribution in [2.24, 2.45) is 0 Å². The summed E-state index contributed by atoms with van der Waals surface area (Å²) < 4.78 is 0. The van der Waals surface area contributed by atoms with Crippen LogP contribution in [0.4, 0.5) is 0 Å². The standard InChI is InChI=1S/C22H27NO/c1-15-7-8-18(13-16(15)2)9-12-22(24)23-17(3)20-11-10-19-5-4-6-21(19)14-20/h7-8,10-11,13-14,17H,4-6,9,12H2,1-3H3,(H,23,24)/t17-/m1/s1. The quantitative estimate of drug-likeness (QED) is 0.856. The summed E-state index contributed by atoms with van der Waals surface area (Å²) in [5.74, 6) is 0.126. The van der Waals surface area contributed by atoms with Gasteiger partial charge in [-0.3, -0.25) is 4.79 Å². The van der Waals surface area contributed by atoms with Crippen LogP contribution >= 0.6 is 0 Å². The second-order valence-corrected chi connectivity index (χ2v) is 7.09. The molecule has 2 aromatic rings. The fourth-order valence-electron chi connectivity index (χ4n) is 3.47. The van der Waals surface area contributed by atoms with E-state index in [1.807, 2.05) is 0 Å². The van der Waals surface area contributed by atoms with Gasteiger partial charge in [0.25, 0.3) is 0 Å². The number of aryl methyl sites for hydroxylation is 5. The Morgan fingerprint density at radius 2 is 1.83 bits per heavy atom. The predicted molar refractivity (Wildman–Crippen MR) is 99.3 cm³/mol. The molecule has 1 amide bonds. The lowest BCUT2D eigenvalue weighted by molar-refractivity contribution is -0.121. The molecule has 0 fully saturated rings. The number of carbonyl (C=O) groups is 1. The fourth-order valence-corrected chi connectivity index (χ4v) is 3.47. The maximum absolute atomic E-state index is 12.3. The highest BCUT2D eigenvalue weighted by atomic mass is 16.1. The summed E-state index contributed by atoms with van der Waals surface area (Å²) in [5, 5.41) is 3.14. The number of fused-ring (bicyclic) bond motifs is 1. The monoisotopic (exact) mass is 321 g/mol. The Morgan fingerprint density at radius 3 is 2.62 bits per heavy atom. The molecule has 1 aliphatic rings. The van der Waals surface area contributed by atoms with Crippen molar-refractivity contribution >= 4 is 5.91 Å². The normalized spacial score (nSPS) is 14.3. The first-order valence-electron chi connectivity index (χ1n) is 9.00. The van der Waals surface area contributed by atoms with E-state index in [0.717, 1.165) is 6.42 Å². The summed E-state index contributed by atoms with van der Waals surface area (Å²) in [7, 11) is 0. The third-order valence-electron chi connectivity index (χ3n) is 5.21. The van der Waals surface area contributed by atoms with Crippen LogP contribution in [0.3, 0.4) is 0 Å². The van der Waals surface area contributed by atoms with Gasteiger partial charge in [0.05, 0.1) is 6.04 Å². The number of hydrogen-bond donors (Lipinski definition) is 1. The van der Waals surface area contributed by atoms with E-state index in [-0.39, 0.29) is 11.9 Å². The van der Waals surface area contributed by atoms with Crippen molar-refractivity contribution in [3.63, 3.8) is 0 Å². The maximum atomic E-state index is 12.3. The second kappa shape index (κ2) is 7.21. The minimum atomic E-state index is 0.0724. The van der Waals surface area contributed by atoms with E-state index in [4.69, 9.17) is 0 Å². The largest absolute Gasteiger partial charge is 0.350 e. The van der Waals surface area contributed by atoms with E-state index >= 15 is 0 Å². The first-order valence-corrected chi connectivity index (χ1v) is 9.00. The molecule has 2 aromatic carbocycles. The van der Waals surface area contributed by atoms with Crippen LogP contribution in [-0.4, -0.2) is 5.91 Å². The molecule has 0 radical (unpaired) electrons. The molecule has 126 valence electrons. The highest BCUT2D eigenvalue weighted by Crippen LogP contribution is 2.25. The van der Waals surface area contributed by atoms with Crippen LogP contribution in [0.25, 0.3) is 0 Å². The molecule has 1 N–H and O–H groups in total. The Balaban J connectivity index is 1.55. The summed E-state index contributed by atoms with van der Waals surface area (Å²) in [6.45, 7) is 6.31. The van der Waals surface area contributed by atoms with Gasteiger partial charge < -0.3 is 5.32 Å². The molecule has 1 atom stereocenters. The van der Waals surface area contributed by atoms with Crippen LogP contribution in [0.15, 0.2) is 36.4 Å². The average molecular weight is 321 g/mol. The van der Waals surface area contributed by atoms with E-state index in [9.17, 15) is 4.79 Å². The van der Waals surface area contributed by atoms with Gasteiger partial charge >= 0.3 is 0 Å². The van der Waals surface area contributed by atoms with Gasteiger partial charge in [0.15, 0.2) is 0 Å². The Labute approximate surface area is 145 Å². The number of amides is 1. The molecule has 2 nitrogen and oxygen atoms in total. The summed E-state index contributed by atoms with van der Waals surface area (Å²) in [5.41, 5.74) is 7.98. The van der Waals surface area contributed by atoms with Gasteiger partial charge in [-0.05, 0) is 79.8 Å². The highest BCUT2D eigenvalue weighted by Gasteiger charge is 2.15. The average Bonchev–Trinajstić information content (AvgIpc) is 3.03. The van der Waals surface area contributed by atoms with Crippen molar-refractivity contribution in [2.45, 2.75) is 58.9 Å². The van der Waals surface area contributed by atoms with Gasteiger partial charge in [0.1, 0.15) is 0 Å². The summed E-state index contributed by atoms with van der Waals surface area (Å²) in [6.07, 6.45) is 4.97. The van der Waals surface area contributed by atoms with Crippen molar-refractivity contribution in [1.29, 1.82) is 0 Å². The number of rotatable bonds is 5. The van der Waals surface area contributed by atoms with Crippen LogP contribution in [0.1, 0.15) is 59.2 Å². The van der Waals surface area contributed by atoms with Crippen LogP contribution in [-0.2, 0) is 24.1 Å². The molecule has 2 heteroatoms. The lowest BCUT2D eigenvalue weighted by Gasteiger charge is -2.16. The molecule has 24 heavy (non-hydrogen) atoms. The molecule has 0 saturated carbocycles. The highest BCUT2D eigenvalue weighted by molar-refractivity contribution is 5.76. The number of nitrogens with one attached hydrogen (secondary N) is 1. The van der Waals surface area contributed by atoms with Gasteiger partial charge in [0, 0.05) is 6.42 Å². The van der Waals surface area contributed by atoms with Crippen molar-refractivity contribution in [3.05, 3.63) is 69.8 Å². The molecule has 0 spiro atoms. The minimum Gasteiger partial charge on any atom is -0.350 e. The van der Waals surface area contributed by atoms with E-state index in [0.29, 0.717) is 6.42 Å². The lowest BCUT2D eigenvalue weighted by atomic mass is 10.0. The van der Waals surface area contributed by atoms with Crippen LogP contribution in [0, 0.1) is 13.8 Å². The first kappa shape index (κ1) is 16.8. The number of carbonyl (C=O) groups excluding carboxylic acids is 1. The van der Waals surface area contributed by atoms with Crippen molar-refractivity contribution in [3.8, 4) is 0 Å². The second-order valence-electron chi connectivity index (χ2n) is 7.09. The smallest absolute Gasteiger partial charge is 0.220 e. The van der Waals surface area contributed by atoms with Crippen LogP contribution in [0.5, 0.6) is 0 Å². The number of hydrogen-bond acceptors (Lipinski definition) is 1. The first-order chi connectivity index (χ1) is 11.5. The Hall–Kier alpha value is -2.09. The number of benzene rings is 2. The molecule has 1 aliphatic carbocycles. The fraction of sp³-hybridized carbons (Fsp3) is 0.409. The zero-order valence-electron chi connectivity index (χ0n) is 15.0. The van der Waals surface area contributed by atoms with Crippen molar-refractivity contribution in [1.82, 2.24) is 5.32 Å². The van der Waals surface area contributed by atoms with Crippen LogP contribution < -0.4 is 5.32 Å². The molecule has 0 aromatic heterocycles. The van der Waals surface area contributed by atoms with Crippen LogP contribution in [0.2, 0.25) is 0 Å². The predicted octanol–water partition coefficient (Wildman–Crippen LogP) is 4.60. The zero-order valence-corrected chi connectivity index (χ0v) is 15.0. The summed E-state index contributed by atoms with van der Waals surface area (Å²) in [4.78, 5) is 12.3. The summed E-state index contributed by atoms with van der Waals surface area (Å²) >= 11 is 0. The lowest BCUT2D eigenvalue weighted by Crippen LogP contribution is -2.26. The maximum Gasteiger partial charge on any atom is 0.220 e.